The van der Waals surface area contributed by atoms with E-state index in [0.29, 0.717) is 0 Å². The predicted octanol–water partition coefficient (Wildman–Crippen LogP) is 1.02. The molecule has 86 valence electrons. The molecule has 0 radical (unpaired) electrons. The Morgan fingerprint density at radius 1 is 1.53 bits per heavy atom. The van der Waals surface area contributed by atoms with Gasteiger partial charge in [0, 0.05) is 24.5 Å². The van der Waals surface area contributed by atoms with Crippen LogP contribution in [0.25, 0.3) is 0 Å². The third-order valence-electron chi connectivity index (χ3n) is 3.14. The van der Waals surface area contributed by atoms with Crippen molar-refractivity contribution >= 4 is 0 Å². The molecule has 0 spiro atoms. The number of rotatable bonds is 7. The van der Waals surface area contributed by atoms with Crippen molar-refractivity contribution in [2.24, 2.45) is 0 Å². The van der Waals surface area contributed by atoms with Crippen molar-refractivity contribution in [3.63, 3.8) is 0 Å². The molecule has 1 unspecified atom stereocenters. The average molecular weight is 211 g/mol. The summed E-state index contributed by atoms with van der Waals surface area (Å²) < 4.78 is 2.06. The van der Waals surface area contributed by atoms with Crippen molar-refractivity contribution in [3.05, 3.63) is 18.7 Å². The predicted molar refractivity (Wildman–Crippen MR) is 60.6 cm³/mol. The highest BCUT2D eigenvalue weighted by Crippen LogP contribution is 2.16. The normalized spacial score (nSPS) is 15.1. The molecule has 1 aromatic rings. The van der Waals surface area contributed by atoms with Crippen LogP contribution in [0.3, 0.4) is 0 Å². The van der Waals surface area contributed by atoms with E-state index in [9.17, 15) is 5.11 Å². The minimum atomic E-state index is -0.111. The SMILES string of the molecule is CCC(CO)(CCCn1ccnc1)NC. The van der Waals surface area contributed by atoms with Crippen molar-refractivity contribution in [2.45, 2.75) is 38.3 Å². The van der Waals surface area contributed by atoms with Crippen molar-refractivity contribution in [2.75, 3.05) is 13.7 Å². The summed E-state index contributed by atoms with van der Waals surface area (Å²) in [5.41, 5.74) is -0.111. The van der Waals surface area contributed by atoms with Gasteiger partial charge in [0.15, 0.2) is 0 Å². The van der Waals surface area contributed by atoms with Gasteiger partial charge < -0.3 is 15.0 Å². The molecular weight excluding hydrogens is 190 g/mol. The van der Waals surface area contributed by atoms with E-state index in [-0.39, 0.29) is 12.1 Å². The van der Waals surface area contributed by atoms with Gasteiger partial charge >= 0.3 is 0 Å². The highest BCUT2D eigenvalue weighted by atomic mass is 16.3. The van der Waals surface area contributed by atoms with Gasteiger partial charge in [0.25, 0.3) is 0 Å². The number of nitrogens with one attached hydrogen (secondary N) is 1. The summed E-state index contributed by atoms with van der Waals surface area (Å²) in [4.78, 5) is 4.00. The minimum Gasteiger partial charge on any atom is -0.394 e. The number of aromatic nitrogens is 2. The molecule has 0 amide bonds. The van der Waals surface area contributed by atoms with Crippen LogP contribution in [0.4, 0.5) is 0 Å². The molecule has 0 saturated carbocycles. The van der Waals surface area contributed by atoms with Gasteiger partial charge in [-0.3, -0.25) is 0 Å². The van der Waals surface area contributed by atoms with Crippen molar-refractivity contribution in [1.29, 1.82) is 0 Å². The van der Waals surface area contributed by atoms with Crippen LogP contribution in [0.2, 0.25) is 0 Å². The summed E-state index contributed by atoms with van der Waals surface area (Å²) in [6.45, 7) is 3.26. The maximum atomic E-state index is 9.35. The number of hydrogen-bond donors (Lipinski definition) is 2. The van der Waals surface area contributed by atoms with Gasteiger partial charge in [0.1, 0.15) is 0 Å². The lowest BCUT2D eigenvalue weighted by Crippen LogP contribution is -2.46. The second kappa shape index (κ2) is 5.88. The number of nitrogens with zero attached hydrogens (tertiary/aromatic N) is 2. The highest BCUT2D eigenvalue weighted by molar-refractivity contribution is 4.84. The Morgan fingerprint density at radius 3 is 2.80 bits per heavy atom. The molecule has 0 fully saturated rings. The molecule has 0 bridgehead atoms. The summed E-state index contributed by atoms with van der Waals surface area (Å²) in [6.07, 6.45) is 8.55. The second-order valence-electron chi connectivity index (χ2n) is 3.95. The summed E-state index contributed by atoms with van der Waals surface area (Å²) in [6, 6.07) is 0. The Morgan fingerprint density at radius 2 is 2.33 bits per heavy atom. The number of aliphatic hydroxyl groups excluding tert-OH is 1. The van der Waals surface area contributed by atoms with E-state index in [4.69, 9.17) is 0 Å². The van der Waals surface area contributed by atoms with E-state index in [1.165, 1.54) is 0 Å². The standard InChI is InChI=1S/C11H21N3O/c1-3-11(9-15,12-2)5-4-7-14-8-6-13-10-14/h6,8,10,12,15H,3-5,7,9H2,1-2H3. The fourth-order valence-corrected chi connectivity index (χ4v) is 1.77. The average Bonchev–Trinajstić information content (AvgIpc) is 2.78. The highest BCUT2D eigenvalue weighted by Gasteiger charge is 2.23. The van der Waals surface area contributed by atoms with Gasteiger partial charge in [0.2, 0.25) is 0 Å². The molecule has 2 N–H and O–H groups in total. The Labute approximate surface area is 91.3 Å². The third kappa shape index (κ3) is 3.32. The van der Waals surface area contributed by atoms with Gasteiger partial charge in [-0.05, 0) is 26.3 Å². The van der Waals surface area contributed by atoms with Crippen LogP contribution in [0.1, 0.15) is 26.2 Å². The molecule has 0 aliphatic carbocycles. The fourth-order valence-electron chi connectivity index (χ4n) is 1.77. The molecule has 1 aromatic heterocycles. The maximum absolute atomic E-state index is 9.35. The topological polar surface area (TPSA) is 50.1 Å². The van der Waals surface area contributed by atoms with Crippen LogP contribution in [0.5, 0.6) is 0 Å². The zero-order valence-corrected chi connectivity index (χ0v) is 9.61. The second-order valence-corrected chi connectivity index (χ2v) is 3.95. The summed E-state index contributed by atoms with van der Waals surface area (Å²) in [7, 11) is 1.91. The van der Waals surface area contributed by atoms with Crippen molar-refractivity contribution in [3.8, 4) is 0 Å². The first kappa shape index (κ1) is 12.2. The zero-order chi connectivity index (χ0) is 11.1. The van der Waals surface area contributed by atoms with E-state index in [1.807, 2.05) is 19.6 Å². The molecule has 1 heterocycles. The molecule has 0 saturated heterocycles. The van der Waals surface area contributed by atoms with Crippen molar-refractivity contribution < 1.29 is 5.11 Å². The Kier molecular flexibility index (Phi) is 4.78. The van der Waals surface area contributed by atoms with Crippen LogP contribution in [0.15, 0.2) is 18.7 Å². The summed E-state index contributed by atoms with van der Waals surface area (Å²) in [5, 5.41) is 12.6. The lowest BCUT2D eigenvalue weighted by atomic mass is 9.91. The molecule has 1 rings (SSSR count). The van der Waals surface area contributed by atoms with Crippen LogP contribution in [-0.2, 0) is 6.54 Å². The Balaban J connectivity index is 2.34. The number of imidazole rings is 1. The van der Waals surface area contributed by atoms with Crippen LogP contribution < -0.4 is 5.32 Å². The van der Waals surface area contributed by atoms with Crippen molar-refractivity contribution in [1.82, 2.24) is 14.9 Å². The molecule has 0 aliphatic rings. The summed E-state index contributed by atoms with van der Waals surface area (Å²) in [5.74, 6) is 0. The van der Waals surface area contributed by atoms with E-state index in [2.05, 4.69) is 21.8 Å². The molecule has 4 heteroatoms. The Hall–Kier alpha value is -0.870. The van der Waals surface area contributed by atoms with E-state index < -0.39 is 0 Å². The van der Waals surface area contributed by atoms with Crippen LogP contribution in [-0.4, -0.2) is 33.9 Å². The first-order chi connectivity index (χ1) is 7.26. The maximum Gasteiger partial charge on any atom is 0.0945 e. The lowest BCUT2D eigenvalue weighted by molar-refractivity contribution is 0.151. The molecule has 4 nitrogen and oxygen atoms in total. The van der Waals surface area contributed by atoms with Gasteiger partial charge in [-0.25, -0.2) is 4.98 Å². The minimum absolute atomic E-state index is 0.111. The number of likely N-dealkylation sites (N-methyl/N-ethyl adjacent to an activating group) is 1. The van der Waals surface area contributed by atoms with Gasteiger partial charge in [-0.2, -0.15) is 0 Å². The number of hydrogen-bond acceptors (Lipinski definition) is 3. The summed E-state index contributed by atoms with van der Waals surface area (Å²) >= 11 is 0. The Bertz CT molecular complexity index is 247. The largest absolute Gasteiger partial charge is 0.394 e. The molecule has 1 atom stereocenters. The first-order valence-corrected chi connectivity index (χ1v) is 5.52. The zero-order valence-electron chi connectivity index (χ0n) is 9.61. The molecule has 15 heavy (non-hydrogen) atoms. The molecular formula is C11H21N3O. The first-order valence-electron chi connectivity index (χ1n) is 5.52. The van der Waals surface area contributed by atoms with Gasteiger partial charge in [-0.1, -0.05) is 6.92 Å². The van der Waals surface area contributed by atoms with E-state index in [1.54, 1.807) is 6.20 Å². The lowest BCUT2D eigenvalue weighted by Gasteiger charge is -2.30. The van der Waals surface area contributed by atoms with Crippen LogP contribution >= 0.6 is 0 Å². The molecule has 0 aromatic carbocycles. The fraction of sp³-hybridized carbons (Fsp3) is 0.727. The smallest absolute Gasteiger partial charge is 0.0945 e. The van der Waals surface area contributed by atoms with E-state index in [0.717, 1.165) is 25.8 Å². The van der Waals surface area contributed by atoms with E-state index >= 15 is 0 Å². The van der Waals surface area contributed by atoms with Gasteiger partial charge in [0.05, 0.1) is 12.9 Å². The monoisotopic (exact) mass is 211 g/mol. The number of aryl methyl sites for hydroxylation is 1. The quantitative estimate of drug-likeness (QED) is 0.708. The van der Waals surface area contributed by atoms with Crippen LogP contribution in [0, 0.1) is 0 Å². The third-order valence-corrected chi connectivity index (χ3v) is 3.14. The van der Waals surface area contributed by atoms with Gasteiger partial charge in [-0.15, -0.1) is 0 Å². The number of aliphatic hydroxyl groups is 1. The molecule has 0 aliphatic heterocycles.